The highest BCUT2D eigenvalue weighted by molar-refractivity contribution is 5.95. The van der Waals surface area contributed by atoms with Crippen molar-refractivity contribution < 1.29 is 14.1 Å². The standard InChI is InChI=1S/C19H17N3O4/c1-14-6-7-16(10-18(14)22(24)25)19(23)21(13-17-5-3-9-26-17)12-15-4-2-8-20-11-15/h2-11H,12-13H2,1H3. The third kappa shape index (κ3) is 3.94. The summed E-state index contributed by atoms with van der Waals surface area (Å²) in [5.41, 5.74) is 1.55. The highest BCUT2D eigenvalue weighted by Gasteiger charge is 2.21. The van der Waals surface area contributed by atoms with Crippen molar-refractivity contribution in [3.05, 3.63) is 93.7 Å². The van der Waals surface area contributed by atoms with Crippen LogP contribution < -0.4 is 0 Å². The van der Waals surface area contributed by atoms with E-state index in [9.17, 15) is 14.9 Å². The minimum Gasteiger partial charge on any atom is -0.467 e. The monoisotopic (exact) mass is 351 g/mol. The number of benzene rings is 1. The fourth-order valence-corrected chi connectivity index (χ4v) is 2.62. The fraction of sp³-hybridized carbons (Fsp3) is 0.158. The van der Waals surface area contributed by atoms with Gasteiger partial charge in [-0.15, -0.1) is 0 Å². The zero-order valence-electron chi connectivity index (χ0n) is 14.2. The van der Waals surface area contributed by atoms with Crippen molar-refractivity contribution >= 4 is 11.6 Å². The van der Waals surface area contributed by atoms with Crippen molar-refractivity contribution in [3.8, 4) is 0 Å². The summed E-state index contributed by atoms with van der Waals surface area (Å²) in [6.45, 7) is 2.21. The molecule has 0 atom stereocenters. The van der Waals surface area contributed by atoms with E-state index in [-0.39, 0.29) is 23.7 Å². The first-order valence-electron chi connectivity index (χ1n) is 8.00. The summed E-state index contributed by atoms with van der Waals surface area (Å²) in [6.07, 6.45) is 4.88. The molecule has 0 radical (unpaired) electrons. The average molecular weight is 351 g/mol. The molecule has 132 valence electrons. The molecule has 1 aromatic carbocycles. The molecule has 2 aromatic heterocycles. The summed E-state index contributed by atoms with van der Waals surface area (Å²) >= 11 is 0. The number of carbonyl (C=O) groups is 1. The number of hydrogen-bond donors (Lipinski definition) is 0. The van der Waals surface area contributed by atoms with Crippen LogP contribution in [0.4, 0.5) is 5.69 Å². The maximum Gasteiger partial charge on any atom is 0.273 e. The van der Waals surface area contributed by atoms with Gasteiger partial charge >= 0.3 is 0 Å². The van der Waals surface area contributed by atoms with E-state index < -0.39 is 4.92 Å². The first-order valence-corrected chi connectivity index (χ1v) is 8.00. The van der Waals surface area contributed by atoms with E-state index in [1.807, 2.05) is 6.07 Å². The molecule has 0 N–H and O–H groups in total. The maximum atomic E-state index is 13.0. The number of furan rings is 1. The summed E-state index contributed by atoms with van der Waals surface area (Å²) in [6, 6.07) is 11.7. The maximum absolute atomic E-state index is 13.0. The number of aryl methyl sites for hydroxylation is 1. The summed E-state index contributed by atoms with van der Waals surface area (Å²) in [5.74, 6) is 0.317. The van der Waals surface area contributed by atoms with Crippen LogP contribution in [0.3, 0.4) is 0 Å². The molecule has 0 fully saturated rings. The van der Waals surface area contributed by atoms with Gasteiger partial charge in [-0.25, -0.2) is 0 Å². The second-order valence-electron chi connectivity index (χ2n) is 5.86. The van der Waals surface area contributed by atoms with Crippen LogP contribution >= 0.6 is 0 Å². The van der Waals surface area contributed by atoms with Gasteiger partial charge in [0.2, 0.25) is 0 Å². The summed E-state index contributed by atoms with van der Waals surface area (Å²) in [7, 11) is 0. The first-order chi connectivity index (χ1) is 12.5. The molecule has 1 amide bonds. The van der Waals surface area contributed by atoms with E-state index in [2.05, 4.69) is 4.98 Å². The van der Waals surface area contributed by atoms with Gasteiger partial charge in [-0.2, -0.15) is 0 Å². The molecule has 3 rings (SSSR count). The predicted molar refractivity (Wildman–Crippen MR) is 94.4 cm³/mol. The lowest BCUT2D eigenvalue weighted by Gasteiger charge is -2.22. The minimum absolute atomic E-state index is 0.0739. The molecule has 0 saturated heterocycles. The molecule has 26 heavy (non-hydrogen) atoms. The average Bonchev–Trinajstić information content (AvgIpc) is 3.15. The fourth-order valence-electron chi connectivity index (χ4n) is 2.62. The number of nitro benzene ring substituents is 1. The second-order valence-corrected chi connectivity index (χ2v) is 5.86. The number of nitrogens with zero attached hydrogens (tertiary/aromatic N) is 3. The van der Waals surface area contributed by atoms with Crippen molar-refractivity contribution in [2.24, 2.45) is 0 Å². The first kappa shape index (κ1) is 17.3. The zero-order valence-corrected chi connectivity index (χ0v) is 14.2. The molecule has 2 heterocycles. The Morgan fingerprint density at radius 3 is 2.73 bits per heavy atom. The molecule has 7 heteroatoms. The van der Waals surface area contributed by atoms with Crippen molar-refractivity contribution in [3.63, 3.8) is 0 Å². The van der Waals surface area contributed by atoms with E-state index in [0.29, 0.717) is 17.9 Å². The van der Waals surface area contributed by atoms with Gasteiger partial charge in [-0.05, 0) is 36.8 Å². The van der Waals surface area contributed by atoms with Crippen LogP contribution in [0.2, 0.25) is 0 Å². The minimum atomic E-state index is -0.482. The Morgan fingerprint density at radius 2 is 2.08 bits per heavy atom. The molecule has 0 bridgehead atoms. The van der Waals surface area contributed by atoms with Crippen molar-refractivity contribution in [2.45, 2.75) is 20.0 Å². The number of amides is 1. The molecule has 0 aliphatic carbocycles. The predicted octanol–water partition coefficient (Wildman–Crippen LogP) is 3.73. The molecule has 0 aliphatic rings. The normalized spacial score (nSPS) is 10.5. The highest BCUT2D eigenvalue weighted by atomic mass is 16.6. The lowest BCUT2D eigenvalue weighted by atomic mass is 10.1. The SMILES string of the molecule is Cc1ccc(C(=O)N(Cc2cccnc2)Cc2ccco2)cc1[N+](=O)[O-]. The van der Waals surface area contributed by atoms with E-state index in [4.69, 9.17) is 4.42 Å². The molecular formula is C19H17N3O4. The van der Waals surface area contributed by atoms with Crippen LogP contribution in [0.15, 0.2) is 65.5 Å². The van der Waals surface area contributed by atoms with Gasteiger partial charge in [-0.1, -0.05) is 12.1 Å². The molecule has 0 unspecified atom stereocenters. The van der Waals surface area contributed by atoms with Crippen LogP contribution in [0.1, 0.15) is 27.2 Å². The lowest BCUT2D eigenvalue weighted by molar-refractivity contribution is -0.385. The van der Waals surface area contributed by atoms with Gasteiger partial charge in [-0.3, -0.25) is 19.9 Å². The van der Waals surface area contributed by atoms with Gasteiger partial charge in [0, 0.05) is 36.1 Å². The Balaban J connectivity index is 1.91. The quantitative estimate of drug-likeness (QED) is 0.498. The van der Waals surface area contributed by atoms with Gasteiger partial charge in [0.05, 0.1) is 17.7 Å². The molecule has 0 aliphatic heterocycles. The Kier molecular flexibility index (Phi) is 5.07. The molecular weight excluding hydrogens is 334 g/mol. The topological polar surface area (TPSA) is 89.5 Å². The van der Waals surface area contributed by atoms with Gasteiger partial charge in [0.25, 0.3) is 11.6 Å². The van der Waals surface area contributed by atoms with Crippen LogP contribution in [0.5, 0.6) is 0 Å². The highest BCUT2D eigenvalue weighted by Crippen LogP contribution is 2.22. The summed E-state index contributed by atoms with van der Waals surface area (Å²) < 4.78 is 5.35. The van der Waals surface area contributed by atoms with Crippen LogP contribution in [-0.4, -0.2) is 20.7 Å². The second kappa shape index (κ2) is 7.60. The van der Waals surface area contributed by atoms with Crippen LogP contribution in [0.25, 0.3) is 0 Å². The Bertz CT molecular complexity index is 908. The number of rotatable bonds is 6. The molecule has 0 spiro atoms. The Labute approximate surface area is 150 Å². The Hall–Kier alpha value is -3.48. The summed E-state index contributed by atoms with van der Waals surface area (Å²) in [5, 5.41) is 11.2. The number of aromatic nitrogens is 1. The molecule has 3 aromatic rings. The van der Waals surface area contributed by atoms with Crippen molar-refractivity contribution in [1.82, 2.24) is 9.88 Å². The lowest BCUT2D eigenvalue weighted by Crippen LogP contribution is -2.30. The Morgan fingerprint density at radius 1 is 1.23 bits per heavy atom. The van der Waals surface area contributed by atoms with Gasteiger partial charge in [0.15, 0.2) is 0 Å². The third-order valence-electron chi connectivity index (χ3n) is 3.96. The van der Waals surface area contributed by atoms with Crippen molar-refractivity contribution in [2.75, 3.05) is 0 Å². The van der Waals surface area contributed by atoms with Crippen LogP contribution in [-0.2, 0) is 13.1 Å². The van der Waals surface area contributed by atoms with E-state index in [0.717, 1.165) is 5.56 Å². The van der Waals surface area contributed by atoms with E-state index >= 15 is 0 Å². The summed E-state index contributed by atoms with van der Waals surface area (Å²) in [4.78, 5) is 29.3. The third-order valence-corrected chi connectivity index (χ3v) is 3.96. The number of hydrogen-bond acceptors (Lipinski definition) is 5. The zero-order chi connectivity index (χ0) is 18.5. The smallest absolute Gasteiger partial charge is 0.273 e. The van der Waals surface area contributed by atoms with Crippen molar-refractivity contribution in [1.29, 1.82) is 0 Å². The van der Waals surface area contributed by atoms with Crippen LogP contribution in [0, 0.1) is 17.0 Å². The number of pyridine rings is 1. The molecule has 7 nitrogen and oxygen atoms in total. The molecule has 0 saturated carbocycles. The van der Waals surface area contributed by atoms with Gasteiger partial charge < -0.3 is 9.32 Å². The number of nitro groups is 1. The van der Waals surface area contributed by atoms with E-state index in [1.165, 1.54) is 6.07 Å². The van der Waals surface area contributed by atoms with E-state index in [1.54, 1.807) is 60.8 Å². The van der Waals surface area contributed by atoms with Gasteiger partial charge in [0.1, 0.15) is 5.76 Å². The number of carbonyl (C=O) groups excluding carboxylic acids is 1. The largest absolute Gasteiger partial charge is 0.467 e.